The first-order valence-corrected chi connectivity index (χ1v) is 7.30. The van der Waals surface area contributed by atoms with Gasteiger partial charge in [0.1, 0.15) is 0 Å². The quantitative estimate of drug-likeness (QED) is 0.854. The second kappa shape index (κ2) is 7.68. The molecule has 0 aromatic rings. The van der Waals surface area contributed by atoms with Crippen molar-refractivity contribution in [2.45, 2.75) is 57.6 Å². The lowest BCUT2D eigenvalue weighted by Crippen LogP contribution is -2.62. The Bertz CT molecular complexity index is 222. The third-order valence-electron chi connectivity index (χ3n) is 4.28. The Morgan fingerprint density at radius 1 is 1.22 bits per heavy atom. The van der Waals surface area contributed by atoms with Crippen LogP contribution in [0.3, 0.4) is 0 Å². The molecular formula is C14H29ClN2O. The van der Waals surface area contributed by atoms with Crippen LogP contribution in [0.1, 0.15) is 46.0 Å². The molecule has 0 radical (unpaired) electrons. The summed E-state index contributed by atoms with van der Waals surface area (Å²) in [5, 5.41) is 3.59. The Balaban J connectivity index is 0.00000162. The average Bonchev–Trinajstić information content (AvgIpc) is 2.32. The summed E-state index contributed by atoms with van der Waals surface area (Å²) in [6, 6.07) is 0. The van der Waals surface area contributed by atoms with Crippen LogP contribution in [0.2, 0.25) is 0 Å². The molecule has 1 N–H and O–H groups in total. The molecule has 2 aliphatic rings. The molecule has 1 spiro atoms. The van der Waals surface area contributed by atoms with E-state index in [4.69, 9.17) is 4.74 Å². The van der Waals surface area contributed by atoms with Crippen molar-refractivity contribution in [3.8, 4) is 0 Å². The number of rotatable bonds is 4. The first-order valence-electron chi connectivity index (χ1n) is 7.30. The molecule has 0 bridgehead atoms. The number of hydrogen-bond donors (Lipinski definition) is 1. The van der Waals surface area contributed by atoms with Gasteiger partial charge in [-0.25, -0.2) is 0 Å². The summed E-state index contributed by atoms with van der Waals surface area (Å²) in [6.45, 7) is 9.76. The minimum absolute atomic E-state index is 0. The summed E-state index contributed by atoms with van der Waals surface area (Å²) < 4.78 is 5.72. The molecule has 0 amide bonds. The first kappa shape index (κ1) is 16.2. The highest BCUT2D eigenvalue weighted by atomic mass is 35.5. The van der Waals surface area contributed by atoms with Crippen molar-refractivity contribution in [2.75, 3.05) is 32.8 Å². The summed E-state index contributed by atoms with van der Waals surface area (Å²) in [4.78, 5) is 2.70. The maximum atomic E-state index is 5.72. The largest absolute Gasteiger partial charge is 0.377 e. The molecule has 4 heteroatoms. The summed E-state index contributed by atoms with van der Waals surface area (Å²) in [7, 11) is 0. The van der Waals surface area contributed by atoms with Crippen molar-refractivity contribution in [1.29, 1.82) is 0 Å². The highest BCUT2D eigenvalue weighted by molar-refractivity contribution is 5.85. The van der Waals surface area contributed by atoms with Gasteiger partial charge in [-0.05, 0) is 26.7 Å². The lowest BCUT2D eigenvalue weighted by Gasteiger charge is -2.50. The van der Waals surface area contributed by atoms with Gasteiger partial charge in [0.15, 0.2) is 0 Å². The number of hydrogen-bond acceptors (Lipinski definition) is 3. The number of piperazine rings is 1. The van der Waals surface area contributed by atoms with Crippen LogP contribution in [0.5, 0.6) is 0 Å². The van der Waals surface area contributed by atoms with Crippen LogP contribution >= 0.6 is 12.4 Å². The second-order valence-electron chi connectivity index (χ2n) is 5.87. The van der Waals surface area contributed by atoms with Gasteiger partial charge >= 0.3 is 0 Å². The summed E-state index contributed by atoms with van der Waals surface area (Å²) in [5.41, 5.74) is 0.455. The molecule has 2 fully saturated rings. The molecular weight excluding hydrogens is 248 g/mol. The standard InChI is InChI=1S/C14H28N2O.ClH/c1-13(2)17-11-10-16-9-8-15-12-14(16)6-4-3-5-7-14;/h13,15H,3-12H2,1-2H3;1H. The molecule has 2 rings (SSSR count). The molecule has 108 valence electrons. The Morgan fingerprint density at radius 2 is 1.94 bits per heavy atom. The average molecular weight is 277 g/mol. The monoisotopic (exact) mass is 276 g/mol. The molecule has 3 nitrogen and oxygen atoms in total. The van der Waals surface area contributed by atoms with E-state index in [0.29, 0.717) is 11.6 Å². The van der Waals surface area contributed by atoms with Gasteiger partial charge in [0.2, 0.25) is 0 Å². The highest BCUT2D eigenvalue weighted by Gasteiger charge is 2.39. The second-order valence-corrected chi connectivity index (χ2v) is 5.87. The minimum atomic E-state index is 0. The third kappa shape index (κ3) is 4.09. The normalized spacial score (nSPS) is 24.2. The molecule has 1 saturated carbocycles. The SMILES string of the molecule is CC(C)OCCN1CCNCC12CCCCC2.Cl. The van der Waals surface area contributed by atoms with Gasteiger partial charge in [-0.15, -0.1) is 12.4 Å². The summed E-state index contributed by atoms with van der Waals surface area (Å²) in [6.07, 6.45) is 7.36. The molecule has 0 aromatic carbocycles. The van der Waals surface area contributed by atoms with E-state index in [1.54, 1.807) is 0 Å². The van der Waals surface area contributed by atoms with Crippen molar-refractivity contribution >= 4 is 12.4 Å². The fraction of sp³-hybridized carbons (Fsp3) is 1.00. The van der Waals surface area contributed by atoms with Crippen LogP contribution in [0.4, 0.5) is 0 Å². The van der Waals surface area contributed by atoms with Gasteiger partial charge in [-0.3, -0.25) is 4.90 Å². The Hall–Kier alpha value is 0.170. The van der Waals surface area contributed by atoms with E-state index in [-0.39, 0.29) is 12.4 Å². The van der Waals surface area contributed by atoms with Crippen molar-refractivity contribution < 1.29 is 4.74 Å². The first-order chi connectivity index (χ1) is 8.23. The fourth-order valence-corrected chi connectivity index (χ4v) is 3.33. The third-order valence-corrected chi connectivity index (χ3v) is 4.28. The van der Waals surface area contributed by atoms with Crippen molar-refractivity contribution in [1.82, 2.24) is 10.2 Å². The maximum Gasteiger partial charge on any atom is 0.0597 e. The van der Waals surface area contributed by atoms with Gasteiger partial charge in [0.25, 0.3) is 0 Å². The molecule has 1 aliphatic carbocycles. The molecule has 1 heterocycles. The molecule has 0 unspecified atom stereocenters. The van der Waals surface area contributed by atoms with Gasteiger partial charge in [0, 0.05) is 31.7 Å². The van der Waals surface area contributed by atoms with E-state index in [1.165, 1.54) is 45.2 Å². The minimum Gasteiger partial charge on any atom is -0.377 e. The van der Waals surface area contributed by atoms with Gasteiger partial charge < -0.3 is 10.1 Å². The number of halogens is 1. The zero-order chi connectivity index (χ0) is 12.1. The zero-order valence-corrected chi connectivity index (χ0v) is 12.7. The molecule has 0 atom stereocenters. The van der Waals surface area contributed by atoms with Crippen LogP contribution < -0.4 is 5.32 Å². The van der Waals surface area contributed by atoms with Crippen LogP contribution in [-0.2, 0) is 4.74 Å². The molecule has 1 aliphatic heterocycles. The summed E-state index contributed by atoms with van der Waals surface area (Å²) >= 11 is 0. The highest BCUT2D eigenvalue weighted by Crippen LogP contribution is 2.34. The fourth-order valence-electron chi connectivity index (χ4n) is 3.33. The van der Waals surface area contributed by atoms with E-state index in [0.717, 1.165) is 19.7 Å². The molecule has 18 heavy (non-hydrogen) atoms. The van der Waals surface area contributed by atoms with E-state index in [1.807, 2.05) is 0 Å². The number of ether oxygens (including phenoxy) is 1. The Labute approximate surface area is 118 Å². The van der Waals surface area contributed by atoms with Gasteiger partial charge in [-0.1, -0.05) is 19.3 Å². The van der Waals surface area contributed by atoms with Gasteiger partial charge in [-0.2, -0.15) is 0 Å². The van der Waals surface area contributed by atoms with Crippen molar-refractivity contribution in [2.24, 2.45) is 0 Å². The number of nitrogens with one attached hydrogen (secondary N) is 1. The zero-order valence-electron chi connectivity index (χ0n) is 11.9. The van der Waals surface area contributed by atoms with Crippen LogP contribution in [0.15, 0.2) is 0 Å². The van der Waals surface area contributed by atoms with Crippen LogP contribution in [0.25, 0.3) is 0 Å². The summed E-state index contributed by atoms with van der Waals surface area (Å²) in [5.74, 6) is 0. The molecule has 0 aromatic heterocycles. The smallest absolute Gasteiger partial charge is 0.0597 e. The topological polar surface area (TPSA) is 24.5 Å². The van der Waals surface area contributed by atoms with E-state index >= 15 is 0 Å². The predicted octanol–water partition coefficient (Wildman–Crippen LogP) is 2.44. The lowest BCUT2D eigenvalue weighted by molar-refractivity contribution is -0.00918. The van der Waals surface area contributed by atoms with Crippen molar-refractivity contribution in [3.63, 3.8) is 0 Å². The Kier molecular flexibility index (Phi) is 6.93. The predicted molar refractivity (Wildman–Crippen MR) is 78.6 cm³/mol. The van der Waals surface area contributed by atoms with Gasteiger partial charge in [0.05, 0.1) is 12.7 Å². The maximum absolute atomic E-state index is 5.72. The molecule has 1 saturated heterocycles. The van der Waals surface area contributed by atoms with E-state index in [2.05, 4.69) is 24.1 Å². The number of nitrogens with zero attached hydrogens (tertiary/aromatic N) is 1. The van der Waals surface area contributed by atoms with Crippen LogP contribution in [0, 0.1) is 0 Å². The van der Waals surface area contributed by atoms with Crippen LogP contribution in [-0.4, -0.2) is 49.3 Å². The van der Waals surface area contributed by atoms with E-state index in [9.17, 15) is 0 Å². The lowest BCUT2D eigenvalue weighted by atomic mass is 9.79. The Morgan fingerprint density at radius 3 is 2.61 bits per heavy atom. The van der Waals surface area contributed by atoms with Crippen molar-refractivity contribution in [3.05, 3.63) is 0 Å². The van der Waals surface area contributed by atoms with E-state index < -0.39 is 0 Å².